The van der Waals surface area contributed by atoms with E-state index in [1.807, 2.05) is 18.2 Å². The van der Waals surface area contributed by atoms with E-state index in [-0.39, 0.29) is 0 Å². The fourth-order valence-corrected chi connectivity index (χ4v) is 2.07. The second kappa shape index (κ2) is 7.80. The molecule has 0 aliphatic rings. The van der Waals surface area contributed by atoms with Crippen molar-refractivity contribution in [1.82, 2.24) is 15.5 Å². The van der Waals surface area contributed by atoms with E-state index in [0.717, 1.165) is 43.9 Å². The lowest BCUT2D eigenvalue weighted by molar-refractivity contribution is 0.363. The molecule has 1 unspecified atom stereocenters. The number of hydrogen-bond acceptors (Lipinski definition) is 4. The molecule has 4 heteroatoms. The minimum atomic E-state index is 0.486. The van der Waals surface area contributed by atoms with Gasteiger partial charge < -0.3 is 9.84 Å². The Morgan fingerprint density at radius 2 is 2.05 bits per heavy atom. The minimum Gasteiger partial charge on any atom is -0.339 e. The normalized spacial score (nSPS) is 12.5. The Bertz CT molecular complexity index is 495. The van der Waals surface area contributed by atoms with Crippen molar-refractivity contribution >= 4 is 0 Å². The predicted molar refractivity (Wildman–Crippen MR) is 79.6 cm³/mol. The molecule has 4 nitrogen and oxygen atoms in total. The van der Waals surface area contributed by atoms with Gasteiger partial charge >= 0.3 is 0 Å². The van der Waals surface area contributed by atoms with Crippen LogP contribution >= 0.6 is 0 Å². The van der Waals surface area contributed by atoms with Crippen LogP contribution in [0.4, 0.5) is 0 Å². The van der Waals surface area contributed by atoms with Gasteiger partial charge in [0.1, 0.15) is 0 Å². The Morgan fingerprint density at radius 3 is 2.80 bits per heavy atom. The van der Waals surface area contributed by atoms with Crippen LogP contribution < -0.4 is 5.32 Å². The Hall–Kier alpha value is -1.68. The average molecular weight is 273 g/mol. The minimum absolute atomic E-state index is 0.486. The topological polar surface area (TPSA) is 51.0 Å². The average Bonchev–Trinajstić information content (AvgIpc) is 2.91. The molecule has 0 aliphatic heterocycles. The van der Waals surface area contributed by atoms with Gasteiger partial charge in [0.25, 0.3) is 0 Å². The van der Waals surface area contributed by atoms with Gasteiger partial charge in [-0.25, -0.2) is 0 Å². The highest BCUT2D eigenvalue weighted by molar-refractivity contribution is 5.18. The molecule has 0 aliphatic carbocycles. The molecule has 2 rings (SSSR count). The van der Waals surface area contributed by atoms with E-state index < -0.39 is 0 Å². The van der Waals surface area contributed by atoms with Gasteiger partial charge in [0, 0.05) is 18.9 Å². The number of hydrogen-bond donors (Lipinski definition) is 1. The molecule has 0 radical (unpaired) electrons. The summed E-state index contributed by atoms with van der Waals surface area (Å²) in [5.74, 6) is 1.50. The van der Waals surface area contributed by atoms with Crippen molar-refractivity contribution in [3.8, 4) is 0 Å². The lowest BCUT2D eigenvalue weighted by Crippen LogP contribution is -2.27. The second-order valence-electron chi connectivity index (χ2n) is 5.16. The van der Waals surface area contributed by atoms with E-state index in [1.54, 1.807) is 0 Å². The molecular formula is C16H23N3O. The first-order valence-corrected chi connectivity index (χ1v) is 7.36. The van der Waals surface area contributed by atoms with Crippen molar-refractivity contribution in [2.24, 2.45) is 0 Å². The van der Waals surface area contributed by atoms with Crippen molar-refractivity contribution < 1.29 is 4.52 Å². The molecular weight excluding hydrogens is 250 g/mol. The lowest BCUT2D eigenvalue weighted by atomic mass is 10.1. The maximum absolute atomic E-state index is 5.30. The molecule has 1 atom stereocenters. The molecule has 1 heterocycles. The number of aromatic nitrogens is 2. The quantitative estimate of drug-likeness (QED) is 0.803. The maximum atomic E-state index is 5.30. The van der Waals surface area contributed by atoms with E-state index in [4.69, 9.17) is 4.52 Å². The molecule has 1 aromatic carbocycles. The van der Waals surface area contributed by atoms with Gasteiger partial charge in [0.15, 0.2) is 5.82 Å². The zero-order valence-corrected chi connectivity index (χ0v) is 12.3. The molecule has 2 aromatic rings. The highest BCUT2D eigenvalue weighted by Crippen LogP contribution is 2.08. The van der Waals surface area contributed by atoms with Crippen molar-refractivity contribution in [2.75, 3.05) is 6.54 Å². The molecule has 0 bridgehead atoms. The first-order chi connectivity index (χ1) is 9.78. The summed E-state index contributed by atoms with van der Waals surface area (Å²) in [6.45, 7) is 5.43. The lowest BCUT2D eigenvalue weighted by Gasteiger charge is -2.10. The van der Waals surface area contributed by atoms with Gasteiger partial charge in [-0.2, -0.15) is 4.98 Å². The molecule has 20 heavy (non-hydrogen) atoms. The number of nitrogens with zero attached hydrogens (tertiary/aromatic N) is 2. The number of rotatable bonds is 8. The summed E-state index contributed by atoms with van der Waals surface area (Å²) >= 11 is 0. The Kier molecular flexibility index (Phi) is 5.74. The fraction of sp³-hybridized carbons (Fsp3) is 0.500. The highest BCUT2D eigenvalue weighted by Gasteiger charge is 2.09. The standard InChI is InChI=1S/C16H23N3O/c1-3-11-17-13(2)9-10-16-18-15(19-20-16)12-14-7-5-4-6-8-14/h4-8,13,17H,3,9-12H2,1-2H3. The van der Waals surface area contributed by atoms with Crippen LogP contribution in [-0.4, -0.2) is 22.7 Å². The van der Waals surface area contributed by atoms with Gasteiger partial charge in [-0.3, -0.25) is 0 Å². The molecule has 0 saturated heterocycles. The van der Waals surface area contributed by atoms with Gasteiger partial charge in [-0.1, -0.05) is 42.4 Å². The van der Waals surface area contributed by atoms with Gasteiger partial charge in [-0.15, -0.1) is 0 Å². The van der Waals surface area contributed by atoms with Crippen LogP contribution in [0.1, 0.15) is 44.0 Å². The zero-order chi connectivity index (χ0) is 14.2. The van der Waals surface area contributed by atoms with Crippen LogP contribution in [0.25, 0.3) is 0 Å². The molecule has 0 fully saturated rings. The molecule has 0 saturated carbocycles. The van der Waals surface area contributed by atoms with E-state index in [1.165, 1.54) is 5.56 Å². The molecule has 0 spiro atoms. The SMILES string of the molecule is CCCNC(C)CCc1nc(Cc2ccccc2)no1. The van der Waals surface area contributed by atoms with Crippen LogP contribution in [0.15, 0.2) is 34.9 Å². The van der Waals surface area contributed by atoms with E-state index >= 15 is 0 Å². The highest BCUT2D eigenvalue weighted by atomic mass is 16.5. The van der Waals surface area contributed by atoms with E-state index in [0.29, 0.717) is 6.04 Å². The van der Waals surface area contributed by atoms with E-state index in [2.05, 4.69) is 41.4 Å². The molecule has 108 valence electrons. The Labute approximate surface area is 120 Å². The monoisotopic (exact) mass is 273 g/mol. The molecule has 1 N–H and O–H groups in total. The summed E-state index contributed by atoms with van der Waals surface area (Å²) in [6.07, 6.45) is 3.74. The largest absolute Gasteiger partial charge is 0.339 e. The van der Waals surface area contributed by atoms with Crippen molar-refractivity contribution in [2.45, 2.75) is 45.6 Å². The van der Waals surface area contributed by atoms with Crippen molar-refractivity contribution in [3.63, 3.8) is 0 Å². The summed E-state index contributed by atoms with van der Waals surface area (Å²) in [4.78, 5) is 4.45. The summed E-state index contributed by atoms with van der Waals surface area (Å²) in [5, 5.41) is 7.50. The predicted octanol–water partition coefficient (Wildman–Crippen LogP) is 2.98. The molecule has 0 amide bonds. The van der Waals surface area contributed by atoms with Gasteiger partial charge in [0.2, 0.25) is 5.89 Å². The number of aryl methyl sites for hydroxylation is 1. The zero-order valence-electron chi connectivity index (χ0n) is 12.3. The third-order valence-corrected chi connectivity index (χ3v) is 3.25. The first-order valence-electron chi connectivity index (χ1n) is 7.36. The van der Waals surface area contributed by atoms with E-state index in [9.17, 15) is 0 Å². The van der Waals surface area contributed by atoms with Crippen LogP contribution in [0.3, 0.4) is 0 Å². The third-order valence-electron chi connectivity index (χ3n) is 3.25. The van der Waals surface area contributed by atoms with Crippen LogP contribution in [0.5, 0.6) is 0 Å². The second-order valence-corrected chi connectivity index (χ2v) is 5.16. The summed E-state index contributed by atoms with van der Waals surface area (Å²) in [5.41, 5.74) is 1.21. The first kappa shape index (κ1) is 14.7. The Balaban J connectivity index is 1.80. The van der Waals surface area contributed by atoms with Crippen LogP contribution in [0.2, 0.25) is 0 Å². The number of nitrogens with one attached hydrogen (secondary N) is 1. The third kappa shape index (κ3) is 4.78. The van der Waals surface area contributed by atoms with Crippen LogP contribution in [-0.2, 0) is 12.8 Å². The van der Waals surface area contributed by atoms with Crippen molar-refractivity contribution in [3.05, 3.63) is 47.6 Å². The smallest absolute Gasteiger partial charge is 0.226 e. The maximum Gasteiger partial charge on any atom is 0.226 e. The Morgan fingerprint density at radius 1 is 1.25 bits per heavy atom. The molecule has 1 aromatic heterocycles. The fourth-order valence-electron chi connectivity index (χ4n) is 2.07. The van der Waals surface area contributed by atoms with Crippen molar-refractivity contribution in [1.29, 1.82) is 0 Å². The summed E-state index contributed by atoms with van der Waals surface area (Å²) in [7, 11) is 0. The van der Waals surface area contributed by atoms with Gasteiger partial charge in [-0.05, 0) is 31.9 Å². The van der Waals surface area contributed by atoms with Gasteiger partial charge in [0.05, 0.1) is 0 Å². The number of benzene rings is 1. The van der Waals surface area contributed by atoms with Crippen LogP contribution in [0, 0.1) is 0 Å². The summed E-state index contributed by atoms with van der Waals surface area (Å²) < 4.78 is 5.30. The summed E-state index contributed by atoms with van der Waals surface area (Å²) in [6, 6.07) is 10.7.